The number of carbonyl (C=O) groups is 1. The molecule has 1 heterocycles. The van der Waals surface area contributed by atoms with E-state index in [1.807, 2.05) is 11.9 Å². The van der Waals surface area contributed by atoms with Gasteiger partial charge in [-0.15, -0.1) is 0 Å². The van der Waals surface area contributed by atoms with Crippen LogP contribution in [0.15, 0.2) is 30.3 Å². The number of likely N-dealkylation sites (tertiary alicyclic amines) is 1. The number of nitrogens with zero attached hydrogens (tertiary/aromatic N) is 2. The molecule has 0 aromatic heterocycles. The highest BCUT2D eigenvalue weighted by Crippen LogP contribution is 2.20. The molecule has 0 aliphatic carbocycles. The van der Waals surface area contributed by atoms with Gasteiger partial charge in [0.25, 0.3) is 0 Å². The molecule has 1 aliphatic heterocycles. The standard InChI is InChI=1S/C18H28N2O2/c1-15(16-7-4-3-5-8-16)13-20-11-6-9-17(10-12-20)19(2)14-18(21)22/h3-5,7-8,15,17H,6,9-14H2,1-2H3,(H,21,22). The molecule has 1 aromatic rings. The average molecular weight is 304 g/mol. The highest BCUT2D eigenvalue weighted by molar-refractivity contribution is 5.69. The molecule has 4 nitrogen and oxygen atoms in total. The second-order valence-electron chi connectivity index (χ2n) is 6.51. The maximum Gasteiger partial charge on any atom is 0.317 e. The Bertz CT molecular complexity index is 463. The van der Waals surface area contributed by atoms with Crippen molar-refractivity contribution >= 4 is 5.97 Å². The maximum atomic E-state index is 10.9. The topological polar surface area (TPSA) is 43.8 Å². The first kappa shape index (κ1) is 17.0. The quantitative estimate of drug-likeness (QED) is 0.877. The summed E-state index contributed by atoms with van der Waals surface area (Å²) in [4.78, 5) is 15.4. The van der Waals surface area contributed by atoms with Crippen LogP contribution in [0.5, 0.6) is 0 Å². The number of aliphatic carboxylic acids is 1. The van der Waals surface area contributed by atoms with Crippen LogP contribution in [-0.2, 0) is 4.79 Å². The molecular formula is C18H28N2O2. The van der Waals surface area contributed by atoms with Crippen molar-refractivity contribution in [2.24, 2.45) is 0 Å². The Labute approximate surface area is 133 Å². The fourth-order valence-electron chi connectivity index (χ4n) is 3.38. The lowest BCUT2D eigenvalue weighted by molar-refractivity contribution is -0.138. The number of benzene rings is 1. The molecule has 0 saturated carbocycles. The normalized spacial score (nSPS) is 21.5. The van der Waals surface area contributed by atoms with Crippen LogP contribution in [0, 0.1) is 0 Å². The Morgan fingerprint density at radius 1 is 1.32 bits per heavy atom. The van der Waals surface area contributed by atoms with E-state index >= 15 is 0 Å². The van der Waals surface area contributed by atoms with E-state index in [-0.39, 0.29) is 6.54 Å². The van der Waals surface area contributed by atoms with Crippen LogP contribution < -0.4 is 0 Å². The van der Waals surface area contributed by atoms with Gasteiger partial charge in [-0.25, -0.2) is 0 Å². The summed E-state index contributed by atoms with van der Waals surface area (Å²) in [6, 6.07) is 11.1. The van der Waals surface area contributed by atoms with Crippen LogP contribution in [0.3, 0.4) is 0 Å². The van der Waals surface area contributed by atoms with E-state index in [0.717, 1.165) is 38.9 Å². The Balaban J connectivity index is 1.84. The molecule has 0 amide bonds. The predicted octanol–water partition coefficient (Wildman–Crippen LogP) is 2.66. The molecule has 0 radical (unpaired) electrons. The highest BCUT2D eigenvalue weighted by Gasteiger charge is 2.22. The zero-order valence-electron chi connectivity index (χ0n) is 13.7. The summed E-state index contributed by atoms with van der Waals surface area (Å²) in [6.45, 7) is 5.69. The first-order valence-electron chi connectivity index (χ1n) is 8.25. The smallest absolute Gasteiger partial charge is 0.317 e. The second kappa shape index (κ2) is 8.30. The van der Waals surface area contributed by atoms with Crippen LogP contribution in [-0.4, -0.2) is 60.1 Å². The molecule has 1 aromatic carbocycles. The minimum atomic E-state index is -0.735. The van der Waals surface area contributed by atoms with E-state index in [1.54, 1.807) is 0 Å². The van der Waals surface area contributed by atoms with Crippen molar-refractivity contribution in [2.75, 3.05) is 33.2 Å². The van der Waals surface area contributed by atoms with E-state index in [4.69, 9.17) is 5.11 Å². The maximum absolute atomic E-state index is 10.9. The fraction of sp³-hybridized carbons (Fsp3) is 0.611. The van der Waals surface area contributed by atoms with Gasteiger partial charge >= 0.3 is 5.97 Å². The first-order chi connectivity index (χ1) is 10.6. The Morgan fingerprint density at radius 2 is 2.05 bits per heavy atom. The molecule has 0 spiro atoms. The van der Waals surface area contributed by atoms with E-state index < -0.39 is 5.97 Å². The summed E-state index contributed by atoms with van der Waals surface area (Å²) < 4.78 is 0. The van der Waals surface area contributed by atoms with Gasteiger partial charge in [0.2, 0.25) is 0 Å². The second-order valence-corrected chi connectivity index (χ2v) is 6.51. The minimum Gasteiger partial charge on any atom is -0.480 e. The van der Waals surface area contributed by atoms with Gasteiger partial charge in [0.05, 0.1) is 6.54 Å². The summed E-state index contributed by atoms with van der Waals surface area (Å²) in [7, 11) is 1.93. The molecule has 2 atom stereocenters. The largest absolute Gasteiger partial charge is 0.480 e. The summed E-state index contributed by atoms with van der Waals surface area (Å²) >= 11 is 0. The van der Waals surface area contributed by atoms with Crippen molar-refractivity contribution in [3.63, 3.8) is 0 Å². The predicted molar refractivity (Wildman–Crippen MR) is 89.2 cm³/mol. The molecule has 2 rings (SSSR count). The molecule has 122 valence electrons. The lowest BCUT2D eigenvalue weighted by Gasteiger charge is -2.26. The van der Waals surface area contributed by atoms with E-state index in [0.29, 0.717) is 12.0 Å². The number of likely N-dealkylation sites (N-methyl/N-ethyl adjacent to an activating group) is 1. The molecule has 1 fully saturated rings. The SMILES string of the molecule is CC(CN1CCCC(N(C)CC(=O)O)CC1)c1ccccc1. The van der Waals surface area contributed by atoms with E-state index in [9.17, 15) is 4.79 Å². The van der Waals surface area contributed by atoms with Gasteiger partial charge in [-0.3, -0.25) is 9.69 Å². The number of rotatable bonds is 6. The molecule has 22 heavy (non-hydrogen) atoms. The Hall–Kier alpha value is -1.39. The number of hydrogen-bond donors (Lipinski definition) is 1. The molecule has 0 bridgehead atoms. The fourth-order valence-corrected chi connectivity index (χ4v) is 3.38. The van der Waals surface area contributed by atoms with Crippen LogP contribution in [0.25, 0.3) is 0 Å². The van der Waals surface area contributed by atoms with Crippen LogP contribution >= 0.6 is 0 Å². The number of carboxylic acid groups (broad SMARTS) is 1. The summed E-state index contributed by atoms with van der Waals surface area (Å²) in [5.74, 6) is -0.198. The van der Waals surface area contributed by atoms with Gasteiger partial charge in [0, 0.05) is 12.6 Å². The minimum absolute atomic E-state index is 0.144. The molecular weight excluding hydrogens is 276 g/mol. The van der Waals surface area contributed by atoms with E-state index in [1.165, 1.54) is 5.56 Å². The van der Waals surface area contributed by atoms with Crippen molar-refractivity contribution in [3.8, 4) is 0 Å². The van der Waals surface area contributed by atoms with Crippen molar-refractivity contribution < 1.29 is 9.90 Å². The third-order valence-corrected chi connectivity index (χ3v) is 4.70. The molecule has 4 heteroatoms. The summed E-state index contributed by atoms with van der Waals surface area (Å²) in [5, 5.41) is 8.93. The monoisotopic (exact) mass is 304 g/mol. The van der Waals surface area contributed by atoms with Crippen molar-refractivity contribution in [1.29, 1.82) is 0 Å². The highest BCUT2D eigenvalue weighted by atomic mass is 16.4. The molecule has 2 unspecified atom stereocenters. The van der Waals surface area contributed by atoms with Gasteiger partial charge < -0.3 is 10.0 Å². The van der Waals surface area contributed by atoms with Gasteiger partial charge in [0.15, 0.2) is 0 Å². The zero-order valence-corrected chi connectivity index (χ0v) is 13.7. The lowest BCUT2D eigenvalue weighted by Crippen LogP contribution is -2.37. The Kier molecular flexibility index (Phi) is 6.40. The molecule has 1 aliphatic rings. The first-order valence-corrected chi connectivity index (χ1v) is 8.25. The zero-order chi connectivity index (χ0) is 15.9. The van der Waals surface area contributed by atoms with Crippen LogP contribution in [0.2, 0.25) is 0 Å². The van der Waals surface area contributed by atoms with Crippen LogP contribution in [0.4, 0.5) is 0 Å². The number of carboxylic acids is 1. The van der Waals surface area contributed by atoms with Gasteiger partial charge in [-0.2, -0.15) is 0 Å². The van der Waals surface area contributed by atoms with Crippen LogP contribution in [0.1, 0.15) is 37.7 Å². The third kappa shape index (κ3) is 5.11. The van der Waals surface area contributed by atoms with Gasteiger partial charge in [-0.05, 0) is 50.9 Å². The van der Waals surface area contributed by atoms with Gasteiger partial charge in [0.1, 0.15) is 0 Å². The van der Waals surface area contributed by atoms with Crippen molar-refractivity contribution in [3.05, 3.63) is 35.9 Å². The van der Waals surface area contributed by atoms with E-state index in [2.05, 4.69) is 42.2 Å². The van der Waals surface area contributed by atoms with Gasteiger partial charge in [-0.1, -0.05) is 37.3 Å². The average Bonchev–Trinajstić information content (AvgIpc) is 2.73. The summed E-state index contributed by atoms with van der Waals surface area (Å²) in [5.41, 5.74) is 1.39. The summed E-state index contributed by atoms with van der Waals surface area (Å²) in [6.07, 6.45) is 3.31. The molecule has 1 saturated heterocycles. The van der Waals surface area contributed by atoms with Crippen molar-refractivity contribution in [2.45, 2.75) is 38.1 Å². The third-order valence-electron chi connectivity index (χ3n) is 4.70. The number of hydrogen-bond acceptors (Lipinski definition) is 3. The molecule has 1 N–H and O–H groups in total. The van der Waals surface area contributed by atoms with Crippen molar-refractivity contribution in [1.82, 2.24) is 9.80 Å². The lowest BCUT2D eigenvalue weighted by atomic mass is 10.0. The Morgan fingerprint density at radius 3 is 2.73 bits per heavy atom.